The van der Waals surface area contributed by atoms with Crippen molar-refractivity contribution in [3.8, 4) is 0 Å². The number of rotatable bonds is 36. The third-order valence-electron chi connectivity index (χ3n) is 8.91. The molecular formula is C43H79N2O8P. The molecular weight excluding hydrogens is 703 g/mol. The summed E-state index contributed by atoms with van der Waals surface area (Å²) in [5.41, 5.74) is 0. The highest BCUT2D eigenvalue weighted by Gasteiger charge is 2.23. The van der Waals surface area contributed by atoms with E-state index in [1.54, 1.807) is 42.5 Å². The molecule has 0 saturated heterocycles. The van der Waals surface area contributed by atoms with Gasteiger partial charge >= 0.3 is 0 Å². The fourth-order valence-electron chi connectivity index (χ4n) is 5.46. The third-order valence-corrected chi connectivity index (χ3v) is 9.88. The lowest BCUT2D eigenvalue weighted by atomic mass is 10.0. The Hall–Kier alpha value is -1.88. The zero-order chi connectivity index (χ0) is 40.3. The number of hydrogen-bond donors (Lipinski definition) is 4. The fourth-order valence-corrected chi connectivity index (χ4v) is 6.18. The Morgan fingerprint density at radius 3 is 1.85 bits per heavy atom. The zero-order valence-electron chi connectivity index (χ0n) is 34.6. The van der Waals surface area contributed by atoms with Crippen LogP contribution in [0.4, 0.5) is 0 Å². The van der Waals surface area contributed by atoms with Crippen LogP contribution in [0.5, 0.6) is 0 Å². The van der Waals surface area contributed by atoms with Gasteiger partial charge in [-0.25, -0.2) is 0 Å². The maximum Gasteiger partial charge on any atom is 0.268 e. The molecule has 0 saturated carbocycles. The van der Waals surface area contributed by atoms with E-state index in [4.69, 9.17) is 9.05 Å². The van der Waals surface area contributed by atoms with Crippen LogP contribution in [0.1, 0.15) is 142 Å². The van der Waals surface area contributed by atoms with Gasteiger partial charge in [0.2, 0.25) is 5.91 Å². The number of carbonyl (C=O) groups is 1. The van der Waals surface area contributed by atoms with Gasteiger partial charge in [-0.05, 0) is 44.9 Å². The number of hydrogen-bond acceptors (Lipinski definition) is 8. The third kappa shape index (κ3) is 35.8. The van der Waals surface area contributed by atoms with Crippen molar-refractivity contribution < 1.29 is 43.1 Å². The molecule has 0 aromatic carbocycles. The van der Waals surface area contributed by atoms with E-state index in [0.717, 1.165) is 25.7 Å². The predicted molar refractivity (Wildman–Crippen MR) is 222 cm³/mol. The Balaban J connectivity index is 4.79. The van der Waals surface area contributed by atoms with Crippen LogP contribution >= 0.6 is 7.82 Å². The van der Waals surface area contributed by atoms with Crippen molar-refractivity contribution in [2.75, 3.05) is 40.9 Å². The highest BCUT2D eigenvalue weighted by molar-refractivity contribution is 7.45. The van der Waals surface area contributed by atoms with E-state index in [9.17, 15) is 29.6 Å². The Labute approximate surface area is 329 Å². The Bertz CT molecular complexity index is 1100. The van der Waals surface area contributed by atoms with Crippen molar-refractivity contribution in [3.63, 3.8) is 0 Å². The number of aliphatic hydroxyl groups excluding tert-OH is 3. The first kappa shape index (κ1) is 52.1. The number of phosphoric acid groups is 1. The molecule has 0 radical (unpaired) electrons. The van der Waals surface area contributed by atoms with E-state index in [0.29, 0.717) is 30.3 Å². The van der Waals surface area contributed by atoms with Gasteiger partial charge in [-0.3, -0.25) is 9.36 Å². The minimum atomic E-state index is -4.65. The van der Waals surface area contributed by atoms with Crippen LogP contribution in [0, 0.1) is 0 Å². The standard InChI is InChI=1S/C43H79N2O8P/c1-6-8-10-12-14-15-16-17-18-19-20-22-28-34-42(48)41(38-53-54(50,51)52-37-36-45(3,4)5)44-43(49)35-29-33-40(47)32-27-24-23-26-31-39(46)30-25-21-13-11-9-7-2/h21,23-28,31-32,34,39-42,46-48H,6-20,22,29-30,33,35-38H2,1-5H3,(H-,44,49,50,51)/b24-23+,25-21-,31-26+,32-27-,34-28+/t39-,40-,41-,42+/m0/s1. The summed E-state index contributed by atoms with van der Waals surface area (Å²) in [6, 6.07) is -1.00. The summed E-state index contributed by atoms with van der Waals surface area (Å²) in [6.45, 7) is 4.35. The quantitative estimate of drug-likeness (QED) is 0.0163. The van der Waals surface area contributed by atoms with Crippen molar-refractivity contribution in [1.82, 2.24) is 5.32 Å². The van der Waals surface area contributed by atoms with Gasteiger partial charge in [-0.2, -0.15) is 0 Å². The molecule has 0 aliphatic heterocycles. The van der Waals surface area contributed by atoms with Crippen LogP contribution in [0.2, 0.25) is 0 Å². The smallest absolute Gasteiger partial charge is 0.268 e. The average Bonchev–Trinajstić information content (AvgIpc) is 3.10. The molecule has 0 heterocycles. The van der Waals surface area contributed by atoms with Gasteiger partial charge in [-0.1, -0.05) is 152 Å². The molecule has 10 nitrogen and oxygen atoms in total. The molecule has 11 heteroatoms. The van der Waals surface area contributed by atoms with Crippen molar-refractivity contribution in [3.05, 3.63) is 60.8 Å². The second kappa shape index (κ2) is 34.4. The van der Waals surface area contributed by atoms with Gasteiger partial charge in [0.05, 0.1) is 52.1 Å². The minimum Gasteiger partial charge on any atom is -0.756 e. The van der Waals surface area contributed by atoms with E-state index in [-0.39, 0.29) is 18.9 Å². The number of allylic oxidation sites excluding steroid dienone is 6. The van der Waals surface area contributed by atoms with Crippen molar-refractivity contribution in [2.45, 2.75) is 167 Å². The molecule has 0 fully saturated rings. The molecule has 1 unspecified atom stereocenters. The fraction of sp³-hybridized carbons (Fsp3) is 0.744. The van der Waals surface area contributed by atoms with Gasteiger partial charge in [0.25, 0.3) is 7.82 Å². The van der Waals surface area contributed by atoms with E-state index >= 15 is 0 Å². The van der Waals surface area contributed by atoms with Crippen LogP contribution in [-0.2, 0) is 18.4 Å². The number of phosphoric ester groups is 1. The SMILES string of the molecule is CCCCC/C=C\C[C@H](O)/C=C/C=C/C=C\[C@H](O)CCCC(=O)N[C@@H](COP(=O)([O-])OCC[N+](C)(C)C)[C@H](O)/C=C/CCCCCCCCCCCCC. The molecule has 0 rings (SSSR count). The van der Waals surface area contributed by atoms with Crippen molar-refractivity contribution >= 4 is 13.7 Å². The normalized spacial score (nSPS) is 16.2. The summed E-state index contributed by atoms with van der Waals surface area (Å²) in [6.07, 6.45) is 36.0. The lowest BCUT2D eigenvalue weighted by Crippen LogP contribution is -2.45. The van der Waals surface area contributed by atoms with Crippen molar-refractivity contribution in [2.24, 2.45) is 0 Å². The first-order valence-corrected chi connectivity index (χ1v) is 22.3. The van der Waals surface area contributed by atoms with Crippen LogP contribution in [0.15, 0.2) is 60.8 Å². The molecule has 0 aliphatic rings. The zero-order valence-corrected chi connectivity index (χ0v) is 35.5. The molecule has 54 heavy (non-hydrogen) atoms. The largest absolute Gasteiger partial charge is 0.756 e. The van der Waals surface area contributed by atoms with Gasteiger partial charge < -0.3 is 39.1 Å². The van der Waals surface area contributed by atoms with Gasteiger partial charge in [0.1, 0.15) is 13.2 Å². The van der Waals surface area contributed by atoms with Crippen LogP contribution in [-0.4, -0.2) is 91.0 Å². The Kier molecular flexibility index (Phi) is 33.2. The molecule has 5 atom stereocenters. The maximum absolute atomic E-state index is 12.8. The van der Waals surface area contributed by atoms with E-state index in [2.05, 4.69) is 25.2 Å². The summed E-state index contributed by atoms with van der Waals surface area (Å²) in [5, 5.41) is 34.0. The van der Waals surface area contributed by atoms with E-state index in [1.807, 2.05) is 33.3 Å². The van der Waals surface area contributed by atoms with Gasteiger partial charge in [-0.15, -0.1) is 0 Å². The number of unbranched alkanes of at least 4 members (excludes halogenated alkanes) is 14. The summed E-state index contributed by atoms with van der Waals surface area (Å²) in [5.74, 6) is -0.385. The summed E-state index contributed by atoms with van der Waals surface area (Å²) in [4.78, 5) is 25.2. The van der Waals surface area contributed by atoms with Crippen LogP contribution < -0.4 is 10.2 Å². The highest BCUT2D eigenvalue weighted by Crippen LogP contribution is 2.38. The lowest BCUT2D eigenvalue weighted by molar-refractivity contribution is -0.870. The summed E-state index contributed by atoms with van der Waals surface area (Å²) >= 11 is 0. The molecule has 0 spiro atoms. The Morgan fingerprint density at radius 2 is 1.24 bits per heavy atom. The van der Waals surface area contributed by atoms with E-state index in [1.165, 1.54) is 77.0 Å². The first-order valence-electron chi connectivity index (χ1n) is 20.9. The van der Waals surface area contributed by atoms with E-state index < -0.39 is 38.8 Å². The molecule has 0 bridgehead atoms. The Morgan fingerprint density at radius 1 is 0.704 bits per heavy atom. The second-order valence-electron chi connectivity index (χ2n) is 15.4. The second-order valence-corrected chi connectivity index (χ2v) is 16.8. The predicted octanol–water partition coefficient (Wildman–Crippen LogP) is 8.38. The van der Waals surface area contributed by atoms with Crippen LogP contribution in [0.3, 0.4) is 0 Å². The number of aliphatic hydroxyl groups is 3. The molecule has 1 amide bonds. The minimum absolute atomic E-state index is 0.0494. The number of nitrogens with zero attached hydrogens (tertiary/aromatic N) is 1. The molecule has 0 aromatic rings. The number of carbonyl (C=O) groups excluding carboxylic acids is 1. The lowest BCUT2D eigenvalue weighted by Gasteiger charge is -2.29. The number of nitrogens with one attached hydrogen (secondary N) is 1. The molecule has 0 aromatic heterocycles. The maximum atomic E-state index is 12.8. The molecule has 314 valence electrons. The highest BCUT2D eigenvalue weighted by atomic mass is 31.2. The van der Waals surface area contributed by atoms with Crippen molar-refractivity contribution in [1.29, 1.82) is 0 Å². The van der Waals surface area contributed by atoms with Crippen LogP contribution in [0.25, 0.3) is 0 Å². The average molecular weight is 783 g/mol. The summed E-state index contributed by atoms with van der Waals surface area (Å²) < 4.78 is 23.0. The first-order chi connectivity index (χ1) is 25.8. The topological polar surface area (TPSA) is 148 Å². The summed E-state index contributed by atoms with van der Waals surface area (Å²) in [7, 11) is 1.09. The van der Waals surface area contributed by atoms with Gasteiger partial charge in [0, 0.05) is 6.42 Å². The number of quaternary nitrogens is 1. The number of amides is 1. The molecule has 4 N–H and O–H groups in total. The monoisotopic (exact) mass is 783 g/mol. The van der Waals surface area contributed by atoms with Gasteiger partial charge in [0.15, 0.2) is 0 Å². The number of likely N-dealkylation sites (N-methyl/N-ethyl adjacent to an activating group) is 1. The molecule has 0 aliphatic carbocycles.